The Morgan fingerprint density at radius 1 is 1.21 bits per heavy atom. The number of hydrogen-bond donors (Lipinski definition) is 3. The zero-order valence-corrected chi connectivity index (χ0v) is 18.7. The van der Waals surface area contributed by atoms with Crippen LogP contribution in [-0.4, -0.2) is 24.8 Å². The van der Waals surface area contributed by atoms with Gasteiger partial charge >= 0.3 is 5.69 Å². The lowest BCUT2D eigenvalue weighted by Crippen LogP contribution is -2.46. The van der Waals surface area contributed by atoms with Gasteiger partial charge in [0.2, 0.25) is 0 Å². The van der Waals surface area contributed by atoms with Crippen LogP contribution in [0.1, 0.15) is 25.1 Å². The van der Waals surface area contributed by atoms with Gasteiger partial charge in [0.15, 0.2) is 11.6 Å². The van der Waals surface area contributed by atoms with E-state index in [0.717, 1.165) is 9.13 Å². The lowest BCUT2D eigenvalue weighted by atomic mass is 10.0. The van der Waals surface area contributed by atoms with Gasteiger partial charge in [-0.25, -0.2) is 24.0 Å². The summed E-state index contributed by atoms with van der Waals surface area (Å²) in [5, 5.41) is 20.6. The van der Waals surface area contributed by atoms with Crippen LogP contribution in [0.2, 0.25) is 0 Å². The molecule has 3 aromatic rings. The van der Waals surface area contributed by atoms with E-state index in [1.165, 1.54) is 32.3 Å². The first-order valence-electron chi connectivity index (χ1n) is 10.0. The summed E-state index contributed by atoms with van der Waals surface area (Å²) in [5.74, 6) is 3.72. The number of hydrazine groups is 1. The summed E-state index contributed by atoms with van der Waals surface area (Å²) >= 11 is 0. The third kappa shape index (κ3) is 4.66. The van der Waals surface area contributed by atoms with Gasteiger partial charge in [-0.15, -0.1) is 0 Å². The minimum atomic E-state index is -1.44. The van der Waals surface area contributed by atoms with Crippen molar-refractivity contribution < 1.29 is 13.9 Å². The Morgan fingerprint density at radius 2 is 1.85 bits per heavy atom. The molecule has 1 aromatic carbocycles. The van der Waals surface area contributed by atoms with Gasteiger partial charge in [0.05, 0.1) is 40.6 Å². The molecule has 2 heterocycles. The number of hydrogen-bond acceptors (Lipinski definition) is 8. The van der Waals surface area contributed by atoms with E-state index in [1.807, 2.05) is 6.07 Å². The Balaban J connectivity index is 2.47. The molecule has 10 nitrogen and oxygen atoms in total. The van der Waals surface area contributed by atoms with Crippen molar-refractivity contribution in [1.82, 2.24) is 14.1 Å². The molecule has 0 fully saturated rings. The third-order valence-corrected chi connectivity index (χ3v) is 4.94. The molecule has 178 valence electrons. The number of aromatic nitrogens is 3. The number of aliphatic hydroxyl groups is 1. The number of aryl methyl sites for hydroxylation is 1. The van der Waals surface area contributed by atoms with Crippen molar-refractivity contribution in [2.75, 3.05) is 10.7 Å². The molecule has 0 atom stereocenters. The largest absolute Gasteiger partial charge is 0.397 e. The fourth-order valence-corrected chi connectivity index (χ4v) is 3.51. The molecular formula is C22H23F2N7O3. The number of nitrogens with zero attached hydrogens (tertiary/aromatic N) is 5. The number of benzene rings is 1. The molecule has 0 radical (unpaired) electrons. The lowest BCUT2D eigenvalue weighted by molar-refractivity contribution is 0.0788. The minimum absolute atomic E-state index is 0.0902. The van der Waals surface area contributed by atoms with Crippen molar-refractivity contribution in [2.24, 2.45) is 5.84 Å². The summed E-state index contributed by atoms with van der Waals surface area (Å²) < 4.78 is 29.4. The molecule has 3 rings (SSSR count). The summed E-state index contributed by atoms with van der Waals surface area (Å²) in [7, 11) is 0. The summed E-state index contributed by atoms with van der Waals surface area (Å²) in [6.07, 6.45) is 2.51. The molecule has 0 spiro atoms. The first-order valence-corrected chi connectivity index (χ1v) is 10.0. The van der Waals surface area contributed by atoms with Crippen molar-refractivity contribution in [1.29, 1.82) is 5.26 Å². The Kier molecular flexibility index (Phi) is 6.53. The van der Waals surface area contributed by atoms with Gasteiger partial charge in [0, 0.05) is 24.8 Å². The summed E-state index contributed by atoms with van der Waals surface area (Å²) in [5.41, 5.74) is 2.34. The summed E-state index contributed by atoms with van der Waals surface area (Å²) in [6.45, 7) is 4.08. The molecule has 0 aliphatic carbocycles. The van der Waals surface area contributed by atoms with Gasteiger partial charge in [-0.05, 0) is 32.4 Å². The van der Waals surface area contributed by atoms with E-state index in [9.17, 15) is 28.7 Å². The molecular weight excluding hydrogens is 448 g/mol. The fourth-order valence-electron chi connectivity index (χ4n) is 3.51. The zero-order valence-electron chi connectivity index (χ0n) is 18.7. The van der Waals surface area contributed by atoms with Crippen molar-refractivity contribution in [3.05, 3.63) is 74.3 Å². The van der Waals surface area contributed by atoms with Crippen molar-refractivity contribution in [3.63, 3.8) is 0 Å². The molecule has 0 aliphatic heterocycles. The fraction of sp³-hybridized carbons (Fsp3) is 0.273. The average molecular weight is 471 g/mol. The normalized spacial score (nSPS) is 11.4. The van der Waals surface area contributed by atoms with Crippen LogP contribution in [0.15, 0.2) is 40.2 Å². The monoisotopic (exact) mass is 471 g/mol. The second-order valence-corrected chi connectivity index (χ2v) is 8.37. The predicted molar refractivity (Wildman–Crippen MR) is 122 cm³/mol. The van der Waals surface area contributed by atoms with Crippen LogP contribution in [0.3, 0.4) is 0 Å². The SMILES string of the molecule is Cc1cncc(-n2c(=O)c(N(N)c3cc(F)c(F)cc3N)c(CC(C)(C)O)n(CC#N)c2=O)c1. The van der Waals surface area contributed by atoms with Crippen LogP contribution >= 0.6 is 0 Å². The van der Waals surface area contributed by atoms with E-state index in [0.29, 0.717) is 22.7 Å². The smallest absolute Gasteiger partial charge is 0.336 e. The van der Waals surface area contributed by atoms with Crippen molar-refractivity contribution in [2.45, 2.75) is 39.3 Å². The maximum Gasteiger partial charge on any atom is 0.336 e. The molecule has 0 amide bonds. The van der Waals surface area contributed by atoms with Gasteiger partial charge in [-0.2, -0.15) is 5.26 Å². The molecule has 0 unspecified atom stereocenters. The topological polar surface area (TPSA) is 156 Å². The molecule has 12 heteroatoms. The third-order valence-electron chi connectivity index (χ3n) is 4.94. The van der Waals surface area contributed by atoms with Crippen LogP contribution < -0.4 is 27.8 Å². The van der Waals surface area contributed by atoms with E-state index >= 15 is 0 Å². The van der Waals surface area contributed by atoms with Gasteiger partial charge in [0.25, 0.3) is 5.56 Å². The van der Waals surface area contributed by atoms with Crippen LogP contribution in [0.4, 0.5) is 25.8 Å². The Hall–Kier alpha value is -4.08. The average Bonchev–Trinajstić information content (AvgIpc) is 2.72. The van der Waals surface area contributed by atoms with E-state index in [2.05, 4.69) is 4.98 Å². The quantitative estimate of drug-likeness (QED) is 0.277. The number of nitriles is 1. The second-order valence-electron chi connectivity index (χ2n) is 8.37. The van der Waals surface area contributed by atoms with Crippen LogP contribution in [-0.2, 0) is 13.0 Å². The van der Waals surface area contributed by atoms with Gasteiger partial charge < -0.3 is 10.8 Å². The molecule has 0 bridgehead atoms. The Labute approximate surface area is 192 Å². The highest BCUT2D eigenvalue weighted by Crippen LogP contribution is 2.31. The van der Waals surface area contributed by atoms with E-state index in [-0.39, 0.29) is 34.9 Å². The van der Waals surface area contributed by atoms with Crippen LogP contribution in [0, 0.1) is 29.9 Å². The number of rotatable bonds is 6. The first-order chi connectivity index (χ1) is 15.9. The highest BCUT2D eigenvalue weighted by molar-refractivity contribution is 5.74. The van der Waals surface area contributed by atoms with E-state index in [1.54, 1.807) is 6.92 Å². The maximum atomic E-state index is 14.0. The van der Waals surface area contributed by atoms with Crippen LogP contribution in [0.5, 0.6) is 0 Å². The molecule has 0 saturated carbocycles. The van der Waals surface area contributed by atoms with E-state index in [4.69, 9.17) is 11.6 Å². The number of pyridine rings is 1. The molecule has 0 saturated heterocycles. The van der Waals surface area contributed by atoms with Gasteiger partial charge in [-0.1, -0.05) is 0 Å². The van der Waals surface area contributed by atoms with Gasteiger partial charge in [-0.3, -0.25) is 19.4 Å². The van der Waals surface area contributed by atoms with Crippen molar-refractivity contribution >= 4 is 17.1 Å². The summed E-state index contributed by atoms with van der Waals surface area (Å²) in [6, 6.07) is 4.79. The predicted octanol–water partition coefficient (Wildman–Crippen LogP) is 1.41. The molecule has 5 N–H and O–H groups in total. The van der Waals surface area contributed by atoms with E-state index < -0.39 is 35.0 Å². The number of nitrogens with two attached hydrogens (primary N) is 2. The zero-order chi connectivity index (χ0) is 25.4. The Morgan fingerprint density at radius 3 is 2.44 bits per heavy atom. The highest BCUT2D eigenvalue weighted by Gasteiger charge is 2.29. The Bertz CT molecular complexity index is 1420. The van der Waals surface area contributed by atoms with Gasteiger partial charge in [0.1, 0.15) is 12.2 Å². The second kappa shape index (κ2) is 9.05. The van der Waals surface area contributed by atoms with Crippen molar-refractivity contribution in [3.8, 4) is 11.8 Å². The van der Waals surface area contributed by atoms with Crippen LogP contribution in [0.25, 0.3) is 5.69 Å². The molecule has 34 heavy (non-hydrogen) atoms. The minimum Gasteiger partial charge on any atom is -0.397 e. The lowest BCUT2D eigenvalue weighted by Gasteiger charge is -2.28. The standard InChI is InChI=1S/C22H23F2N7O3/c1-12-6-13(11-28-10-12)30-20(32)19(31(27)17-8-15(24)14(23)7-16(17)26)18(9-22(2,3)34)29(5-4-25)21(30)33/h6-8,10-11,34H,5,9,26-27H2,1-3H3. The highest BCUT2D eigenvalue weighted by atomic mass is 19.2. The number of anilines is 3. The first kappa shape index (κ1) is 24.6. The molecule has 0 aliphatic rings. The molecule has 2 aromatic heterocycles. The number of nitrogen functional groups attached to an aromatic ring is 1. The number of halogens is 2. The summed E-state index contributed by atoms with van der Waals surface area (Å²) in [4.78, 5) is 31.0. The maximum absolute atomic E-state index is 14.0.